The largest absolute Gasteiger partial charge is 0.345 e. The number of amides is 2. The smallest absolute Gasteiger partial charge is 0.242 e. The van der Waals surface area contributed by atoms with E-state index in [1.54, 1.807) is 4.90 Å². The van der Waals surface area contributed by atoms with E-state index in [-0.39, 0.29) is 24.9 Å². The zero-order valence-corrected chi connectivity index (χ0v) is 7.75. The first-order valence-corrected chi connectivity index (χ1v) is 4.74. The molecule has 1 aliphatic carbocycles. The lowest BCUT2D eigenvalue weighted by molar-refractivity contribution is -0.146. The van der Waals surface area contributed by atoms with Gasteiger partial charge in [-0.15, -0.1) is 0 Å². The molecule has 2 unspecified atom stereocenters. The van der Waals surface area contributed by atoms with Gasteiger partial charge in [0.25, 0.3) is 0 Å². The summed E-state index contributed by atoms with van der Waals surface area (Å²) in [4.78, 5) is 24.2. The van der Waals surface area contributed by atoms with Crippen LogP contribution in [0.25, 0.3) is 0 Å². The summed E-state index contributed by atoms with van der Waals surface area (Å²) < 4.78 is 0. The van der Waals surface area contributed by atoms with Gasteiger partial charge in [0.05, 0.1) is 13.1 Å². The molecule has 1 aliphatic heterocycles. The Balaban J connectivity index is 2.03. The van der Waals surface area contributed by atoms with Gasteiger partial charge in [0.15, 0.2) is 0 Å². The lowest BCUT2D eigenvalue weighted by atomic mass is 9.79. The molecule has 4 nitrogen and oxygen atoms in total. The van der Waals surface area contributed by atoms with E-state index >= 15 is 0 Å². The van der Waals surface area contributed by atoms with Crippen LogP contribution in [-0.4, -0.2) is 35.8 Å². The third-order valence-corrected chi connectivity index (χ3v) is 3.05. The van der Waals surface area contributed by atoms with Gasteiger partial charge >= 0.3 is 0 Å². The summed E-state index contributed by atoms with van der Waals surface area (Å²) in [6, 6.07) is 0.318. The van der Waals surface area contributed by atoms with Gasteiger partial charge in [-0.05, 0) is 18.8 Å². The van der Waals surface area contributed by atoms with Crippen LogP contribution in [0.1, 0.15) is 19.8 Å². The highest BCUT2D eigenvalue weighted by atomic mass is 16.2. The second-order valence-electron chi connectivity index (χ2n) is 3.92. The summed E-state index contributed by atoms with van der Waals surface area (Å²) in [5.74, 6) is 0.602. The van der Waals surface area contributed by atoms with E-state index in [0.717, 1.165) is 6.42 Å². The van der Waals surface area contributed by atoms with Crippen molar-refractivity contribution in [1.82, 2.24) is 10.2 Å². The van der Waals surface area contributed by atoms with Crippen LogP contribution in [0.3, 0.4) is 0 Å². The SMILES string of the molecule is CC1CCC1N1CC(=O)NCC1=O. The van der Waals surface area contributed by atoms with Crippen LogP contribution in [0.4, 0.5) is 0 Å². The number of piperazine rings is 1. The molecule has 2 amide bonds. The molecule has 2 fully saturated rings. The Hall–Kier alpha value is -1.06. The molecular formula is C9H14N2O2. The van der Waals surface area contributed by atoms with Crippen molar-refractivity contribution in [3.8, 4) is 0 Å². The van der Waals surface area contributed by atoms with Crippen LogP contribution in [0.15, 0.2) is 0 Å². The highest BCUT2D eigenvalue weighted by Crippen LogP contribution is 2.31. The number of nitrogens with zero attached hydrogens (tertiary/aromatic N) is 1. The van der Waals surface area contributed by atoms with E-state index < -0.39 is 0 Å². The molecule has 0 aromatic carbocycles. The monoisotopic (exact) mass is 182 g/mol. The molecule has 1 saturated heterocycles. The molecule has 2 rings (SSSR count). The van der Waals surface area contributed by atoms with Gasteiger partial charge in [-0.2, -0.15) is 0 Å². The molecule has 72 valence electrons. The maximum absolute atomic E-state index is 11.4. The van der Waals surface area contributed by atoms with Crippen molar-refractivity contribution in [1.29, 1.82) is 0 Å². The van der Waals surface area contributed by atoms with E-state index in [9.17, 15) is 9.59 Å². The Morgan fingerprint density at radius 1 is 1.38 bits per heavy atom. The predicted molar refractivity (Wildman–Crippen MR) is 46.9 cm³/mol. The summed E-state index contributed by atoms with van der Waals surface area (Å²) >= 11 is 0. The minimum Gasteiger partial charge on any atom is -0.345 e. The Morgan fingerprint density at radius 3 is 2.69 bits per heavy atom. The van der Waals surface area contributed by atoms with Crippen LogP contribution in [0.2, 0.25) is 0 Å². The van der Waals surface area contributed by atoms with E-state index in [0.29, 0.717) is 12.0 Å². The summed E-state index contributed by atoms with van der Waals surface area (Å²) in [6.45, 7) is 2.57. The number of carbonyl (C=O) groups excluding carboxylic acids is 2. The molecule has 1 heterocycles. The van der Waals surface area contributed by atoms with Crippen molar-refractivity contribution in [3.05, 3.63) is 0 Å². The maximum atomic E-state index is 11.4. The minimum atomic E-state index is -0.0290. The normalized spacial score (nSPS) is 34.1. The van der Waals surface area contributed by atoms with Gasteiger partial charge in [-0.25, -0.2) is 0 Å². The number of hydrogen-bond donors (Lipinski definition) is 1. The van der Waals surface area contributed by atoms with Crippen molar-refractivity contribution in [3.63, 3.8) is 0 Å². The fourth-order valence-electron chi connectivity index (χ4n) is 1.99. The lowest BCUT2D eigenvalue weighted by Gasteiger charge is -2.43. The van der Waals surface area contributed by atoms with Gasteiger partial charge < -0.3 is 10.2 Å². The molecule has 0 aromatic rings. The van der Waals surface area contributed by atoms with Gasteiger partial charge in [-0.1, -0.05) is 6.92 Å². The van der Waals surface area contributed by atoms with Crippen LogP contribution in [-0.2, 0) is 9.59 Å². The fourth-order valence-corrected chi connectivity index (χ4v) is 1.99. The van der Waals surface area contributed by atoms with Gasteiger partial charge in [0.2, 0.25) is 11.8 Å². The van der Waals surface area contributed by atoms with E-state index in [4.69, 9.17) is 0 Å². The van der Waals surface area contributed by atoms with Crippen molar-refractivity contribution in [2.45, 2.75) is 25.8 Å². The average Bonchev–Trinajstić information content (AvgIpc) is 2.09. The van der Waals surface area contributed by atoms with E-state index in [1.165, 1.54) is 6.42 Å². The second kappa shape index (κ2) is 3.01. The second-order valence-corrected chi connectivity index (χ2v) is 3.92. The fraction of sp³-hybridized carbons (Fsp3) is 0.778. The molecule has 2 aliphatic rings. The summed E-state index contributed by atoms with van der Waals surface area (Å²) in [6.07, 6.45) is 2.23. The number of carbonyl (C=O) groups is 2. The topological polar surface area (TPSA) is 49.4 Å². The van der Waals surface area contributed by atoms with E-state index in [1.807, 2.05) is 0 Å². The predicted octanol–water partition coefficient (Wildman–Crippen LogP) is -0.257. The molecule has 0 aromatic heterocycles. The Morgan fingerprint density at radius 2 is 2.15 bits per heavy atom. The van der Waals surface area contributed by atoms with Crippen molar-refractivity contribution in [2.75, 3.05) is 13.1 Å². The zero-order chi connectivity index (χ0) is 9.42. The Kier molecular flexibility index (Phi) is 1.98. The Labute approximate surface area is 77.3 Å². The van der Waals surface area contributed by atoms with Crippen LogP contribution < -0.4 is 5.32 Å². The average molecular weight is 182 g/mol. The van der Waals surface area contributed by atoms with Crippen LogP contribution in [0.5, 0.6) is 0 Å². The highest BCUT2D eigenvalue weighted by Gasteiger charge is 2.37. The first-order valence-electron chi connectivity index (χ1n) is 4.74. The van der Waals surface area contributed by atoms with Gasteiger partial charge in [0.1, 0.15) is 0 Å². The molecule has 2 atom stereocenters. The first kappa shape index (κ1) is 8.53. The molecule has 1 saturated carbocycles. The number of rotatable bonds is 1. The molecule has 0 bridgehead atoms. The lowest BCUT2D eigenvalue weighted by Crippen LogP contribution is -2.59. The molecule has 1 N–H and O–H groups in total. The zero-order valence-electron chi connectivity index (χ0n) is 7.75. The summed E-state index contributed by atoms with van der Waals surface area (Å²) in [7, 11) is 0. The van der Waals surface area contributed by atoms with Crippen molar-refractivity contribution in [2.24, 2.45) is 5.92 Å². The molecule has 0 radical (unpaired) electrons. The minimum absolute atomic E-state index is 0.0290. The quantitative estimate of drug-likeness (QED) is 0.607. The summed E-state index contributed by atoms with van der Waals surface area (Å²) in [5.41, 5.74) is 0. The molecule has 0 spiro atoms. The molecule has 4 heteroatoms. The molecule has 13 heavy (non-hydrogen) atoms. The highest BCUT2D eigenvalue weighted by molar-refractivity contribution is 5.92. The number of hydrogen-bond acceptors (Lipinski definition) is 2. The van der Waals surface area contributed by atoms with Gasteiger partial charge in [-0.3, -0.25) is 9.59 Å². The Bertz CT molecular complexity index is 252. The third-order valence-electron chi connectivity index (χ3n) is 3.05. The summed E-state index contributed by atoms with van der Waals surface area (Å²) in [5, 5.41) is 2.55. The van der Waals surface area contributed by atoms with Crippen LogP contribution >= 0.6 is 0 Å². The van der Waals surface area contributed by atoms with Crippen molar-refractivity contribution < 1.29 is 9.59 Å². The first-order chi connectivity index (χ1) is 6.18. The third kappa shape index (κ3) is 1.41. The van der Waals surface area contributed by atoms with Crippen molar-refractivity contribution >= 4 is 11.8 Å². The maximum Gasteiger partial charge on any atom is 0.242 e. The molecular weight excluding hydrogens is 168 g/mol. The number of nitrogens with one attached hydrogen (secondary N) is 1. The van der Waals surface area contributed by atoms with Crippen LogP contribution in [0, 0.1) is 5.92 Å². The van der Waals surface area contributed by atoms with E-state index in [2.05, 4.69) is 12.2 Å². The standard InChI is InChI=1S/C9H14N2O2/c1-6-2-3-7(6)11-5-8(12)10-4-9(11)13/h6-7H,2-5H2,1H3,(H,10,12). The van der Waals surface area contributed by atoms with Gasteiger partial charge in [0, 0.05) is 6.04 Å².